The Kier molecular flexibility index (Phi) is 4.44. The van der Waals surface area contributed by atoms with Gasteiger partial charge in [0.1, 0.15) is 0 Å². The summed E-state index contributed by atoms with van der Waals surface area (Å²) in [5.41, 5.74) is 1.43. The summed E-state index contributed by atoms with van der Waals surface area (Å²) in [6.45, 7) is 0.228. The van der Waals surface area contributed by atoms with Gasteiger partial charge in [0.15, 0.2) is 0 Å². The van der Waals surface area contributed by atoms with Crippen molar-refractivity contribution in [2.24, 2.45) is 0 Å². The van der Waals surface area contributed by atoms with Crippen molar-refractivity contribution in [2.45, 2.75) is 12.3 Å². The first-order valence-corrected chi connectivity index (χ1v) is 7.77. The maximum absolute atomic E-state index is 12.2. The van der Waals surface area contributed by atoms with Crippen LogP contribution in [0.2, 0.25) is 0 Å². The third-order valence-electron chi connectivity index (χ3n) is 3.01. The summed E-state index contributed by atoms with van der Waals surface area (Å²) in [6.07, 6.45) is 2.98. The Balaban J connectivity index is 2.07. The molecule has 1 N–H and O–H groups in total. The van der Waals surface area contributed by atoms with E-state index in [-0.39, 0.29) is 17.9 Å². The van der Waals surface area contributed by atoms with E-state index in [1.54, 1.807) is 6.07 Å². The largest absolute Gasteiger partial charge is 0.478 e. The molecule has 0 saturated carbocycles. The maximum atomic E-state index is 12.2. The van der Waals surface area contributed by atoms with Crippen LogP contribution >= 0.6 is 0 Å². The Hall–Kier alpha value is -2.12. The molecular weight excluding hydrogens is 294 g/mol. The number of rotatable bonds is 6. The van der Waals surface area contributed by atoms with Crippen molar-refractivity contribution in [2.75, 3.05) is 7.05 Å². The molecule has 1 heterocycles. The minimum absolute atomic E-state index is 0.128. The molecule has 7 heteroatoms. The molecule has 6 nitrogen and oxygen atoms in total. The molecule has 0 amide bonds. The van der Waals surface area contributed by atoms with Crippen LogP contribution in [0.15, 0.2) is 47.3 Å². The van der Waals surface area contributed by atoms with E-state index in [1.165, 1.54) is 48.1 Å². The van der Waals surface area contributed by atoms with Gasteiger partial charge in [0.2, 0.25) is 10.0 Å². The van der Waals surface area contributed by atoms with E-state index in [4.69, 9.17) is 9.52 Å². The quantitative estimate of drug-likeness (QED) is 0.881. The number of furan rings is 1. The Morgan fingerprint density at radius 3 is 2.38 bits per heavy atom. The third-order valence-corrected chi connectivity index (χ3v) is 4.79. The number of carboxylic acid groups (broad SMARTS) is 1. The summed E-state index contributed by atoms with van der Waals surface area (Å²) < 4.78 is 30.6. The first-order chi connectivity index (χ1) is 9.88. The van der Waals surface area contributed by atoms with E-state index in [9.17, 15) is 13.2 Å². The van der Waals surface area contributed by atoms with Crippen LogP contribution < -0.4 is 0 Å². The van der Waals surface area contributed by atoms with Gasteiger partial charge in [-0.15, -0.1) is 0 Å². The lowest BCUT2D eigenvalue weighted by Crippen LogP contribution is -2.27. The van der Waals surface area contributed by atoms with Crippen molar-refractivity contribution in [3.8, 4) is 0 Å². The molecule has 0 fully saturated rings. The summed E-state index contributed by atoms with van der Waals surface area (Å²) >= 11 is 0. The number of carboxylic acids is 1. The highest BCUT2D eigenvalue weighted by Crippen LogP contribution is 2.14. The van der Waals surface area contributed by atoms with Crippen LogP contribution in [-0.2, 0) is 22.3 Å². The van der Waals surface area contributed by atoms with Crippen molar-refractivity contribution in [1.82, 2.24) is 4.31 Å². The molecule has 0 unspecified atom stereocenters. The fraction of sp³-hybridized carbons (Fsp3) is 0.214. The van der Waals surface area contributed by atoms with Gasteiger partial charge in [-0.3, -0.25) is 0 Å². The van der Waals surface area contributed by atoms with Gasteiger partial charge in [-0.2, -0.15) is 0 Å². The average molecular weight is 309 g/mol. The summed E-state index contributed by atoms with van der Waals surface area (Å²) in [6, 6.07) is 7.50. The number of benzene rings is 1. The predicted molar refractivity (Wildman–Crippen MR) is 76.2 cm³/mol. The number of carbonyl (C=O) groups is 1. The second-order valence-corrected chi connectivity index (χ2v) is 6.72. The molecule has 0 saturated heterocycles. The summed E-state index contributed by atoms with van der Waals surface area (Å²) in [5.74, 6) is -1.22. The van der Waals surface area contributed by atoms with Gasteiger partial charge in [0, 0.05) is 19.2 Å². The van der Waals surface area contributed by atoms with E-state index in [2.05, 4.69) is 0 Å². The van der Waals surface area contributed by atoms with Gasteiger partial charge in [-0.1, -0.05) is 12.1 Å². The number of aromatic carboxylic acids is 1. The topological polar surface area (TPSA) is 87.8 Å². The zero-order valence-electron chi connectivity index (χ0n) is 11.4. The molecule has 21 heavy (non-hydrogen) atoms. The number of nitrogens with zero attached hydrogens (tertiary/aromatic N) is 1. The lowest BCUT2D eigenvalue weighted by atomic mass is 10.1. The minimum atomic E-state index is -3.48. The number of hydrogen-bond acceptors (Lipinski definition) is 4. The molecule has 0 aliphatic heterocycles. The van der Waals surface area contributed by atoms with Crippen LogP contribution in [0.3, 0.4) is 0 Å². The molecule has 0 bridgehead atoms. The van der Waals surface area contributed by atoms with Gasteiger partial charge in [0.05, 0.1) is 23.8 Å². The fourth-order valence-corrected chi connectivity index (χ4v) is 2.98. The lowest BCUT2D eigenvalue weighted by molar-refractivity contribution is 0.0697. The van der Waals surface area contributed by atoms with Crippen molar-refractivity contribution < 1.29 is 22.7 Å². The normalized spacial score (nSPS) is 11.7. The average Bonchev–Trinajstić information content (AvgIpc) is 2.91. The van der Waals surface area contributed by atoms with E-state index < -0.39 is 16.0 Å². The molecular formula is C14H15NO5S. The van der Waals surface area contributed by atoms with Crippen molar-refractivity contribution in [3.05, 3.63) is 59.5 Å². The highest BCUT2D eigenvalue weighted by Gasteiger charge is 2.19. The highest BCUT2D eigenvalue weighted by molar-refractivity contribution is 7.88. The Bertz CT molecular complexity index is 704. The highest BCUT2D eigenvalue weighted by atomic mass is 32.2. The van der Waals surface area contributed by atoms with Gasteiger partial charge in [0.25, 0.3) is 0 Å². The molecule has 0 aliphatic carbocycles. The van der Waals surface area contributed by atoms with Gasteiger partial charge >= 0.3 is 5.97 Å². The van der Waals surface area contributed by atoms with Crippen molar-refractivity contribution >= 4 is 16.0 Å². The molecule has 0 radical (unpaired) electrons. The Morgan fingerprint density at radius 1 is 1.19 bits per heavy atom. The molecule has 2 aromatic rings. The van der Waals surface area contributed by atoms with Gasteiger partial charge in [-0.05, 0) is 23.8 Å². The second kappa shape index (κ2) is 6.11. The monoisotopic (exact) mass is 309 g/mol. The van der Waals surface area contributed by atoms with Crippen LogP contribution in [0.1, 0.15) is 21.5 Å². The van der Waals surface area contributed by atoms with Crippen LogP contribution in [0.5, 0.6) is 0 Å². The zero-order chi connectivity index (χ0) is 15.5. The van der Waals surface area contributed by atoms with Crippen LogP contribution in [0.25, 0.3) is 0 Å². The Labute approximate surface area is 122 Å². The number of hydrogen-bond donors (Lipinski definition) is 1. The van der Waals surface area contributed by atoms with Crippen LogP contribution in [0, 0.1) is 0 Å². The van der Waals surface area contributed by atoms with Gasteiger partial charge in [-0.25, -0.2) is 17.5 Å². The second-order valence-electron chi connectivity index (χ2n) is 4.65. The summed E-state index contributed by atoms with van der Waals surface area (Å²) in [5, 5.41) is 8.80. The standard InChI is InChI=1S/C14H15NO5S/c1-15(8-12-6-7-20-9-12)21(18,19)10-11-2-4-13(5-3-11)14(16)17/h2-7,9H,8,10H2,1H3,(H,16,17). The molecule has 1 aromatic carbocycles. The Morgan fingerprint density at radius 2 is 1.86 bits per heavy atom. The number of sulfonamides is 1. The summed E-state index contributed by atoms with van der Waals surface area (Å²) in [4.78, 5) is 10.7. The van der Waals surface area contributed by atoms with Crippen LogP contribution in [-0.4, -0.2) is 30.8 Å². The minimum Gasteiger partial charge on any atom is -0.478 e. The zero-order valence-corrected chi connectivity index (χ0v) is 12.2. The van der Waals surface area contributed by atoms with E-state index in [0.717, 1.165) is 5.56 Å². The molecule has 112 valence electrons. The van der Waals surface area contributed by atoms with E-state index in [0.29, 0.717) is 5.56 Å². The van der Waals surface area contributed by atoms with Crippen molar-refractivity contribution in [1.29, 1.82) is 0 Å². The first kappa shape index (κ1) is 15.3. The molecule has 0 aliphatic rings. The van der Waals surface area contributed by atoms with E-state index >= 15 is 0 Å². The van der Waals surface area contributed by atoms with Crippen LogP contribution in [0.4, 0.5) is 0 Å². The molecule has 0 atom stereocenters. The molecule has 2 rings (SSSR count). The third kappa shape index (κ3) is 3.93. The smallest absolute Gasteiger partial charge is 0.335 e. The van der Waals surface area contributed by atoms with E-state index in [1.807, 2.05) is 0 Å². The molecule has 0 spiro atoms. The summed E-state index contributed by atoms with van der Waals surface area (Å²) in [7, 11) is -1.98. The SMILES string of the molecule is CN(Cc1ccoc1)S(=O)(=O)Cc1ccc(C(=O)O)cc1. The predicted octanol–water partition coefficient (Wildman–Crippen LogP) is 1.94. The lowest BCUT2D eigenvalue weighted by Gasteiger charge is -2.16. The fourth-order valence-electron chi connectivity index (χ4n) is 1.80. The van der Waals surface area contributed by atoms with Gasteiger partial charge < -0.3 is 9.52 Å². The maximum Gasteiger partial charge on any atom is 0.335 e. The first-order valence-electron chi connectivity index (χ1n) is 6.16. The van der Waals surface area contributed by atoms with Crippen molar-refractivity contribution in [3.63, 3.8) is 0 Å². The molecule has 1 aromatic heterocycles.